The standard InChI is InChI=1S/C15H32N2S/c1-5-17(6-2)11-7-9-13(3)16-15-10-8-12-18-14(15)4/h13-16H,5-12H2,1-4H3. The zero-order chi connectivity index (χ0) is 13.4. The lowest BCUT2D eigenvalue weighted by Crippen LogP contribution is -2.44. The predicted molar refractivity (Wildman–Crippen MR) is 84.6 cm³/mol. The van der Waals surface area contributed by atoms with Crippen molar-refractivity contribution in [2.24, 2.45) is 0 Å². The Bertz CT molecular complexity index is 207. The van der Waals surface area contributed by atoms with Gasteiger partial charge in [-0.05, 0) is 58.0 Å². The van der Waals surface area contributed by atoms with Crippen LogP contribution in [0.3, 0.4) is 0 Å². The van der Waals surface area contributed by atoms with Gasteiger partial charge >= 0.3 is 0 Å². The molecule has 0 aromatic carbocycles. The minimum absolute atomic E-state index is 0.673. The highest BCUT2D eigenvalue weighted by Crippen LogP contribution is 2.25. The normalized spacial score (nSPS) is 26.5. The van der Waals surface area contributed by atoms with Gasteiger partial charge in [-0.3, -0.25) is 0 Å². The lowest BCUT2D eigenvalue weighted by atomic mass is 10.1. The Morgan fingerprint density at radius 1 is 1.33 bits per heavy atom. The topological polar surface area (TPSA) is 15.3 Å². The summed E-state index contributed by atoms with van der Waals surface area (Å²) in [4.78, 5) is 2.52. The van der Waals surface area contributed by atoms with E-state index in [1.165, 1.54) is 51.1 Å². The molecule has 1 heterocycles. The minimum Gasteiger partial charge on any atom is -0.310 e. The summed E-state index contributed by atoms with van der Waals surface area (Å²) < 4.78 is 0. The van der Waals surface area contributed by atoms with Gasteiger partial charge in [-0.1, -0.05) is 20.8 Å². The van der Waals surface area contributed by atoms with Crippen molar-refractivity contribution in [1.29, 1.82) is 0 Å². The van der Waals surface area contributed by atoms with Crippen molar-refractivity contribution >= 4 is 11.8 Å². The maximum absolute atomic E-state index is 3.84. The average molecular weight is 273 g/mol. The van der Waals surface area contributed by atoms with E-state index in [0.29, 0.717) is 6.04 Å². The van der Waals surface area contributed by atoms with E-state index in [4.69, 9.17) is 0 Å². The fraction of sp³-hybridized carbons (Fsp3) is 1.00. The molecule has 1 N–H and O–H groups in total. The molecule has 0 amide bonds. The van der Waals surface area contributed by atoms with E-state index >= 15 is 0 Å². The van der Waals surface area contributed by atoms with Crippen LogP contribution in [0.25, 0.3) is 0 Å². The molecule has 3 heteroatoms. The van der Waals surface area contributed by atoms with Crippen molar-refractivity contribution in [3.63, 3.8) is 0 Å². The molecule has 2 nitrogen and oxygen atoms in total. The highest BCUT2D eigenvalue weighted by molar-refractivity contribution is 7.99. The van der Waals surface area contributed by atoms with Crippen LogP contribution < -0.4 is 5.32 Å². The monoisotopic (exact) mass is 272 g/mol. The lowest BCUT2D eigenvalue weighted by Gasteiger charge is -2.32. The Labute approximate surface area is 118 Å². The second-order valence-electron chi connectivity index (χ2n) is 5.56. The number of thioether (sulfide) groups is 1. The third kappa shape index (κ3) is 5.94. The molecule has 1 aliphatic rings. The zero-order valence-corrected chi connectivity index (χ0v) is 13.6. The van der Waals surface area contributed by atoms with Gasteiger partial charge in [0.1, 0.15) is 0 Å². The molecule has 3 atom stereocenters. The minimum atomic E-state index is 0.673. The van der Waals surface area contributed by atoms with Crippen molar-refractivity contribution < 1.29 is 0 Å². The van der Waals surface area contributed by atoms with Crippen LogP contribution in [-0.4, -0.2) is 47.6 Å². The Kier molecular flexibility index (Phi) is 8.36. The van der Waals surface area contributed by atoms with Gasteiger partial charge in [-0.15, -0.1) is 0 Å². The van der Waals surface area contributed by atoms with Crippen LogP contribution in [-0.2, 0) is 0 Å². The second-order valence-corrected chi connectivity index (χ2v) is 7.05. The zero-order valence-electron chi connectivity index (χ0n) is 12.7. The molecule has 3 unspecified atom stereocenters. The van der Waals surface area contributed by atoms with Gasteiger partial charge in [0.25, 0.3) is 0 Å². The van der Waals surface area contributed by atoms with Crippen LogP contribution in [0.1, 0.15) is 53.4 Å². The van der Waals surface area contributed by atoms with Crippen molar-refractivity contribution in [2.45, 2.75) is 70.7 Å². The van der Waals surface area contributed by atoms with Gasteiger partial charge in [0.15, 0.2) is 0 Å². The van der Waals surface area contributed by atoms with E-state index in [2.05, 4.69) is 49.7 Å². The molecular weight excluding hydrogens is 240 g/mol. The quantitative estimate of drug-likeness (QED) is 0.729. The van der Waals surface area contributed by atoms with Crippen LogP contribution in [0.4, 0.5) is 0 Å². The van der Waals surface area contributed by atoms with Crippen molar-refractivity contribution in [3.05, 3.63) is 0 Å². The first kappa shape index (κ1) is 16.3. The van der Waals surface area contributed by atoms with Gasteiger partial charge in [0.2, 0.25) is 0 Å². The number of hydrogen-bond donors (Lipinski definition) is 1. The van der Waals surface area contributed by atoms with Gasteiger partial charge in [-0.2, -0.15) is 11.8 Å². The molecule has 1 saturated heterocycles. The van der Waals surface area contributed by atoms with Gasteiger partial charge in [0, 0.05) is 17.3 Å². The van der Waals surface area contributed by atoms with Crippen molar-refractivity contribution in [2.75, 3.05) is 25.4 Å². The average Bonchev–Trinajstić information content (AvgIpc) is 2.37. The van der Waals surface area contributed by atoms with Gasteiger partial charge in [-0.25, -0.2) is 0 Å². The number of nitrogens with one attached hydrogen (secondary N) is 1. The highest BCUT2D eigenvalue weighted by atomic mass is 32.2. The Balaban J connectivity index is 2.14. The fourth-order valence-electron chi connectivity index (χ4n) is 2.75. The number of rotatable bonds is 8. The Morgan fingerprint density at radius 2 is 2.06 bits per heavy atom. The first-order valence-corrected chi connectivity index (χ1v) is 8.82. The number of hydrogen-bond acceptors (Lipinski definition) is 3. The summed E-state index contributed by atoms with van der Waals surface area (Å²) in [6.07, 6.45) is 5.39. The Morgan fingerprint density at radius 3 is 2.67 bits per heavy atom. The summed E-state index contributed by atoms with van der Waals surface area (Å²) in [6, 6.07) is 1.42. The maximum atomic E-state index is 3.84. The third-order valence-corrected chi connectivity index (χ3v) is 5.49. The molecular formula is C15H32N2S. The third-order valence-electron chi connectivity index (χ3n) is 4.11. The van der Waals surface area contributed by atoms with Crippen LogP contribution in [0, 0.1) is 0 Å². The molecule has 0 aliphatic carbocycles. The van der Waals surface area contributed by atoms with Gasteiger partial charge in [0.05, 0.1) is 0 Å². The summed E-state index contributed by atoms with van der Waals surface area (Å²) in [7, 11) is 0. The summed E-state index contributed by atoms with van der Waals surface area (Å²) in [5.41, 5.74) is 0. The molecule has 1 fully saturated rings. The predicted octanol–water partition coefficient (Wildman–Crippen LogP) is 3.37. The van der Waals surface area contributed by atoms with E-state index in [1.807, 2.05) is 0 Å². The molecule has 1 rings (SSSR count). The molecule has 18 heavy (non-hydrogen) atoms. The molecule has 0 aromatic heterocycles. The molecule has 0 bridgehead atoms. The van der Waals surface area contributed by atoms with E-state index in [9.17, 15) is 0 Å². The first-order valence-electron chi connectivity index (χ1n) is 7.77. The summed E-state index contributed by atoms with van der Waals surface area (Å²) in [6.45, 7) is 12.9. The highest BCUT2D eigenvalue weighted by Gasteiger charge is 2.22. The first-order chi connectivity index (χ1) is 8.67. The molecule has 108 valence electrons. The van der Waals surface area contributed by atoms with Crippen LogP contribution in [0.2, 0.25) is 0 Å². The maximum Gasteiger partial charge on any atom is 0.0186 e. The van der Waals surface area contributed by atoms with Gasteiger partial charge < -0.3 is 10.2 Å². The van der Waals surface area contributed by atoms with E-state index in [0.717, 1.165) is 11.3 Å². The lowest BCUT2D eigenvalue weighted by molar-refractivity contribution is 0.286. The molecule has 0 radical (unpaired) electrons. The van der Waals surface area contributed by atoms with Crippen molar-refractivity contribution in [1.82, 2.24) is 10.2 Å². The van der Waals surface area contributed by atoms with Crippen LogP contribution in [0.5, 0.6) is 0 Å². The summed E-state index contributed by atoms with van der Waals surface area (Å²) in [5, 5.41) is 4.63. The summed E-state index contributed by atoms with van der Waals surface area (Å²) >= 11 is 2.13. The SMILES string of the molecule is CCN(CC)CCCC(C)NC1CCCSC1C. The van der Waals surface area contributed by atoms with Crippen LogP contribution >= 0.6 is 11.8 Å². The second kappa shape index (κ2) is 9.22. The molecule has 1 aliphatic heterocycles. The number of nitrogens with zero attached hydrogens (tertiary/aromatic N) is 1. The summed E-state index contributed by atoms with van der Waals surface area (Å²) in [5.74, 6) is 1.36. The van der Waals surface area contributed by atoms with E-state index < -0.39 is 0 Å². The Hall–Kier alpha value is 0.270. The molecule has 0 saturated carbocycles. The smallest absolute Gasteiger partial charge is 0.0186 e. The largest absolute Gasteiger partial charge is 0.310 e. The van der Waals surface area contributed by atoms with E-state index in [-0.39, 0.29) is 0 Å². The molecule has 0 spiro atoms. The van der Waals surface area contributed by atoms with Crippen LogP contribution in [0.15, 0.2) is 0 Å². The van der Waals surface area contributed by atoms with Crippen molar-refractivity contribution in [3.8, 4) is 0 Å². The van der Waals surface area contributed by atoms with E-state index in [1.54, 1.807) is 0 Å². The fourth-order valence-corrected chi connectivity index (χ4v) is 3.90. The molecule has 0 aromatic rings.